The highest BCUT2D eigenvalue weighted by Gasteiger charge is 2.44. The van der Waals surface area contributed by atoms with Gasteiger partial charge in [0.25, 0.3) is 0 Å². The van der Waals surface area contributed by atoms with Gasteiger partial charge in [0.05, 0.1) is 13.2 Å². The first-order chi connectivity index (χ1) is 32.3. The van der Waals surface area contributed by atoms with E-state index in [4.69, 9.17) is 18.9 Å². The van der Waals surface area contributed by atoms with E-state index in [1.54, 1.807) is 0 Å². The van der Waals surface area contributed by atoms with E-state index >= 15 is 0 Å². The Morgan fingerprint density at radius 3 is 1.03 bits per heavy atom. The summed E-state index contributed by atoms with van der Waals surface area (Å²) >= 11 is 0. The van der Waals surface area contributed by atoms with Crippen molar-refractivity contribution in [2.24, 2.45) is 0 Å². The Morgan fingerprint density at radius 2 is 0.712 bits per heavy atom. The van der Waals surface area contributed by atoms with Crippen LogP contribution in [0.2, 0.25) is 0 Å². The number of aliphatic hydroxyl groups excluding tert-OH is 4. The molecule has 6 atom stereocenters. The fourth-order valence-corrected chi connectivity index (χ4v) is 9.25. The van der Waals surface area contributed by atoms with Crippen molar-refractivity contribution in [1.82, 2.24) is 0 Å². The van der Waals surface area contributed by atoms with Crippen molar-refractivity contribution in [2.45, 2.75) is 327 Å². The molecule has 392 valence electrons. The quantitative estimate of drug-likeness (QED) is 0.0343. The zero-order chi connectivity index (χ0) is 48.0. The van der Waals surface area contributed by atoms with Crippen molar-refractivity contribution in [3.63, 3.8) is 0 Å². The molecule has 10 heteroatoms. The van der Waals surface area contributed by atoms with E-state index < -0.39 is 49.4 Å². The molecule has 0 aliphatic carbocycles. The largest absolute Gasteiger partial charge is 0.462 e. The van der Waals surface area contributed by atoms with Crippen LogP contribution in [0.3, 0.4) is 0 Å². The molecule has 10 nitrogen and oxygen atoms in total. The number of unbranched alkanes of at least 4 members (excludes halogenated alkanes) is 39. The maximum atomic E-state index is 12.9. The second-order valence-electron chi connectivity index (χ2n) is 20.1. The maximum absolute atomic E-state index is 12.9. The normalized spacial score (nSPS) is 19.0. The second-order valence-corrected chi connectivity index (χ2v) is 20.1. The van der Waals surface area contributed by atoms with Crippen molar-refractivity contribution in [1.29, 1.82) is 0 Å². The molecule has 1 aliphatic rings. The van der Waals surface area contributed by atoms with Gasteiger partial charge in [-0.15, -0.1) is 0 Å². The molecule has 0 aromatic heterocycles. The molecule has 1 saturated heterocycles. The van der Waals surface area contributed by atoms with Crippen molar-refractivity contribution in [3.05, 3.63) is 0 Å². The van der Waals surface area contributed by atoms with Gasteiger partial charge in [0.1, 0.15) is 31.0 Å². The third-order valence-corrected chi connectivity index (χ3v) is 13.7. The van der Waals surface area contributed by atoms with Gasteiger partial charge in [-0.1, -0.05) is 264 Å². The number of carbonyl (C=O) groups excluding carboxylic acids is 2. The Labute approximate surface area is 406 Å². The minimum Gasteiger partial charge on any atom is -0.462 e. The van der Waals surface area contributed by atoms with Gasteiger partial charge in [0, 0.05) is 12.8 Å². The third kappa shape index (κ3) is 37.6. The van der Waals surface area contributed by atoms with E-state index in [-0.39, 0.29) is 32.0 Å². The highest BCUT2D eigenvalue weighted by molar-refractivity contribution is 5.70. The van der Waals surface area contributed by atoms with Crippen LogP contribution in [0.1, 0.15) is 290 Å². The number of aliphatic hydroxyl groups is 4. The first kappa shape index (κ1) is 62.7. The van der Waals surface area contributed by atoms with Crippen molar-refractivity contribution >= 4 is 11.9 Å². The summed E-state index contributed by atoms with van der Waals surface area (Å²) in [4.78, 5) is 25.5. The van der Waals surface area contributed by atoms with Gasteiger partial charge in [0.15, 0.2) is 12.4 Å². The van der Waals surface area contributed by atoms with Gasteiger partial charge in [-0.25, -0.2) is 0 Å². The molecule has 66 heavy (non-hydrogen) atoms. The molecule has 0 saturated carbocycles. The molecular formula is C56H108O10. The Balaban J connectivity index is 2.19. The van der Waals surface area contributed by atoms with E-state index in [0.29, 0.717) is 6.42 Å². The molecular weight excluding hydrogens is 833 g/mol. The van der Waals surface area contributed by atoms with Crippen LogP contribution in [0.25, 0.3) is 0 Å². The monoisotopic (exact) mass is 941 g/mol. The van der Waals surface area contributed by atoms with Crippen LogP contribution < -0.4 is 0 Å². The lowest BCUT2D eigenvalue weighted by Gasteiger charge is -2.39. The third-order valence-electron chi connectivity index (χ3n) is 13.7. The van der Waals surface area contributed by atoms with Crippen LogP contribution in [0, 0.1) is 0 Å². The molecule has 0 spiro atoms. The summed E-state index contributed by atoms with van der Waals surface area (Å²) in [6.07, 6.45) is 45.5. The van der Waals surface area contributed by atoms with Crippen LogP contribution in [0.15, 0.2) is 0 Å². The molecule has 0 bridgehead atoms. The lowest BCUT2D eigenvalue weighted by atomic mass is 9.99. The molecule has 4 N–H and O–H groups in total. The van der Waals surface area contributed by atoms with Crippen LogP contribution in [0.5, 0.6) is 0 Å². The van der Waals surface area contributed by atoms with Crippen LogP contribution in [0.4, 0.5) is 0 Å². The molecule has 0 aromatic rings. The van der Waals surface area contributed by atoms with E-state index in [2.05, 4.69) is 13.8 Å². The predicted molar refractivity (Wildman–Crippen MR) is 270 cm³/mol. The molecule has 0 amide bonds. The number of hydrogen-bond donors (Lipinski definition) is 4. The molecule has 1 heterocycles. The minimum absolute atomic E-state index is 0.208. The van der Waals surface area contributed by atoms with E-state index in [1.807, 2.05) is 0 Å². The smallest absolute Gasteiger partial charge is 0.306 e. The van der Waals surface area contributed by atoms with Crippen molar-refractivity contribution in [3.8, 4) is 0 Å². The Bertz CT molecular complexity index is 1040. The predicted octanol–water partition coefficient (Wildman–Crippen LogP) is 14.1. The van der Waals surface area contributed by atoms with Crippen LogP contribution >= 0.6 is 0 Å². The van der Waals surface area contributed by atoms with Gasteiger partial charge >= 0.3 is 11.9 Å². The Hall–Kier alpha value is -1.30. The zero-order valence-electron chi connectivity index (χ0n) is 43.2. The van der Waals surface area contributed by atoms with Crippen LogP contribution in [-0.4, -0.2) is 89.0 Å². The second kappa shape index (κ2) is 47.4. The van der Waals surface area contributed by atoms with Crippen LogP contribution in [-0.2, 0) is 28.5 Å². The topological polar surface area (TPSA) is 152 Å². The Morgan fingerprint density at radius 1 is 0.409 bits per heavy atom. The SMILES string of the molecule is CCCCCCCCCCCCCCCCCCCCCCCC(=O)OC(COC(=O)CCCCCCCCCCCCCCCCCCCCCC)COC1OC(CO)C(O)C(O)C1O. The lowest BCUT2D eigenvalue weighted by Crippen LogP contribution is -2.59. The first-order valence-corrected chi connectivity index (χ1v) is 28.6. The fraction of sp³-hybridized carbons (Fsp3) is 0.964. The number of ether oxygens (including phenoxy) is 4. The summed E-state index contributed by atoms with van der Waals surface area (Å²) < 4.78 is 22.3. The average Bonchev–Trinajstić information content (AvgIpc) is 3.32. The lowest BCUT2D eigenvalue weighted by molar-refractivity contribution is -0.305. The molecule has 1 aliphatic heterocycles. The number of carbonyl (C=O) groups is 2. The molecule has 1 fully saturated rings. The summed E-state index contributed by atoms with van der Waals surface area (Å²) in [6.45, 7) is 3.50. The Kier molecular flexibility index (Phi) is 45.0. The van der Waals surface area contributed by atoms with Crippen molar-refractivity contribution < 1.29 is 49.0 Å². The minimum atomic E-state index is -1.59. The van der Waals surface area contributed by atoms with Gasteiger partial charge < -0.3 is 39.4 Å². The average molecular weight is 941 g/mol. The zero-order valence-corrected chi connectivity index (χ0v) is 43.2. The summed E-state index contributed by atoms with van der Waals surface area (Å²) in [6, 6.07) is 0. The number of hydrogen-bond acceptors (Lipinski definition) is 10. The fourth-order valence-electron chi connectivity index (χ4n) is 9.25. The van der Waals surface area contributed by atoms with Gasteiger partial charge in [-0.05, 0) is 12.8 Å². The number of rotatable bonds is 50. The molecule has 0 radical (unpaired) electrons. The summed E-state index contributed by atoms with van der Waals surface area (Å²) in [5, 5.41) is 40.3. The van der Waals surface area contributed by atoms with E-state index in [0.717, 1.165) is 32.1 Å². The first-order valence-electron chi connectivity index (χ1n) is 28.6. The molecule has 6 unspecified atom stereocenters. The number of esters is 2. The highest BCUT2D eigenvalue weighted by Crippen LogP contribution is 2.23. The summed E-state index contributed by atoms with van der Waals surface area (Å²) in [5.74, 6) is -0.781. The van der Waals surface area contributed by atoms with Gasteiger partial charge in [-0.3, -0.25) is 9.59 Å². The standard InChI is InChI=1S/C56H108O10/c1-3-5-7-9-11-13-15-17-19-21-23-25-27-29-31-33-35-37-39-41-43-45-52(59)65-49(48-64-56-55(62)54(61)53(60)50(46-57)66-56)47-63-51(58)44-42-40-38-36-34-32-30-28-26-24-22-20-18-16-14-12-10-8-6-4-2/h49-50,53-57,60-62H,3-48H2,1-2H3. The van der Waals surface area contributed by atoms with E-state index in [9.17, 15) is 30.0 Å². The summed E-state index contributed by atoms with van der Waals surface area (Å²) in [7, 11) is 0. The van der Waals surface area contributed by atoms with Crippen molar-refractivity contribution in [2.75, 3.05) is 19.8 Å². The molecule has 0 aromatic carbocycles. The highest BCUT2D eigenvalue weighted by atomic mass is 16.7. The van der Waals surface area contributed by atoms with Gasteiger partial charge in [-0.2, -0.15) is 0 Å². The van der Waals surface area contributed by atoms with Gasteiger partial charge in [0.2, 0.25) is 0 Å². The maximum Gasteiger partial charge on any atom is 0.306 e. The molecule has 1 rings (SSSR count). The van der Waals surface area contributed by atoms with E-state index in [1.165, 1.54) is 225 Å². The summed E-state index contributed by atoms with van der Waals surface area (Å²) in [5.41, 5.74) is 0.